The van der Waals surface area contributed by atoms with Crippen molar-refractivity contribution in [2.24, 2.45) is 17.8 Å². The Morgan fingerprint density at radius 3 is 2.12 bits per heavy atom. The molecule has 1 atom stereocenters. The molecule has 7 heteroatoms. The van der Waals surface area contributed by atoms with E-state index in [-0.39, 0.29) is 13.0 Å². The summed E-state index contributed by atoms with van der Waals surface area (Å²) in [6, 6.07) is 8.07. The zero-order valence-corrected chi connectivity index (χ0v) is 19.8. The van der Waals surface area contributed by atoms with E-state index < -0.39 is 35.3 Å². The molecule has 0 heterocycles. The van der Waals surface area contributed by atoms with Gasteiger partial charge in [-0.15, -0.1) is 0 Å². The van der Waals surface area contributed by atoms with Gasteiger partial charge in [-0.05, 0) is 82.6 Å². The number of carbonyl (C=O) groups excluding carboxylic acids is 3. The largest absolute Gasteiger partial charge is 0.459 e. The van der Waals surface area contributed by atoms with Crippen LogP contribution >= 0.6 is 0 Å². The van der Waals surface area contributed by atoms with Crippen LogP contribution in [0.1, 0.15) is 71.3 Å². The molecule has 180 valence electrons. The van der Waals surface area contributed by atoms with E-state index in [1.54, 1.807) is 20.8 Å². The molecule has 0 unspecified atom stereocenters. The molecule has 1 N–H and O–H groups in total. The van der Waals surface area contributed by atoms with Crippen LogP contribution in [0.2, 0.25) is 0 Å². The van der Waals surface area contributed by atoms with Crippen LogP contribution < -0.4 is 5.32 Å². The fourth-order valence-electron chi connectivity index (χ4n) is 6.08. The average molecular weight is 458 g/mol. The van der Waals surface area contributed by atoms with E-state index in [2.05, 4.69) is 5.32 Å². The summed E-state index contributed by atoms with van der Waals surface area (Å²) in [6.07, 6.45) is 5.40. The summed E-state index contributed by atoms with van der Waals surface area (Å²) in [6.45, 7) is 5.25. The van der Waals surface area contributed by atoms with Crippen LogP contribution in [-0.4, -0.2) is 35.3 Å². The van der Waals surface area contributed by atoms with E-state index in [1.807, 2.05) is 30.3 Å². The van der Waals surface area contributed by atoms with Gasteiger partial charge in [-0.3, -0.25) is 4.79 Å². The van der Waals surface area contributed by atoms with Crippen LogP contribution in [-0.2, 0) is 30.4 Å². The average Bonchev–Trinajstić information content (AvgIpc) is 2.69. The first-order valence-corrected chi connectivity index (χ1v) is 12.0. The van der Waals surface area contributed by atoms with Gasteiger partial charge < -0.3 is 19.5 Å². The lowest BCUT2D eigenvalue weighted by atomic mass is 9.54. The van der Waals surface area contributed by atoms with E-state index >= 15 is 0 Å². The van der Waals surface area contributed by atoms with Gasteiger partial charge in [0.2, 0.25) is 0 Å². The topological polar surface area (TPSA) is 90.9 Å². The van der Waals surface area contributed by atoms with Gasteiger partial charge in [-0.1, -0.05) is 30.3 Å². The smallest absolute Gasteiger partial charge is 0.408 e. The summed E-state index contributed by atoms with van der Waals surface area (Å²) >= 11 is 0. The first-order chi connectivity index (χ1) is 15.6. The molecule has 1 aromatic carbocycles. The third-order valence-electron chi connectivity index (χ3n) is 6.88. The Hall–Kier alpha value is -2.57. The Morgan fingerprint density at radius 1 is 1.00 bits per heavy atom. The number of carbonyl (C=O) groups is 3. The quantitative estimate of drug-likeness (QED) is 0.478. The molecule has 0 spiro atoms. The summed E-state index contributed by atoms with van der Waals surface area (Å²) < 4.78 is 16.7. The molecular weight excluding hydrogens is 422 g/mol. The molecule has 7 nitrogen and oxygen atoms in total. The minimum atomic E-state index is -1.18. The lowest BCUT2D eigenvalue weighted by Gasteiger charge is -2.55. The SMILES string of the molecule is CC(C)(C)OC(=O)N[C@@H](CC(=O)OC12CC3CC(CC(C3)C1)C2)C(=O)OCc1ccccc1. The summed E-state index contributed by atoms with van der Waals surface area (Å²) in [5.41, 5.74) is -0.323. The molecule has 1 aromatic rings. The third kappa shape index (κ3) is 6.27. The van der Waals surface area contributed by atoms with Gasteiger partial charge in [0.25, 0.3) is 0 Å². The van der Waals surface area contributed by atoms with Gasteiger partial charge in [0.1, 0.15) is 23.9 Å². The second kappa shape index (κ2) is 9.35. The number of hydrogen-bond donors (Lipinski definition) is 1. The fourth-order valence-corrected chi connectivity index (χ4v) is 6.08. The Morgan fingerprint density at radius 2 is 1.58 bits per heavy atom. The van der Waals surface area contributed by atoms with Crippen molar-refractivity contribution in [1.82, 2.24) is 5.32 Å². The lowest BCUT2D eigenvalue weighted by Crippen LogP contribution is -2.53. The number of hydrogen-bond acceptors (Lipinski definition) is 6. The molecule has 0 saturated heterocycles. The van der Waals surface area contributed by atoms with Crippen LogP contribution in [0.5, 0.6) is 0 Å². The van der Waals surface area contributed by atoms with Gasteiger partial charge in [-0.2, -0.15) is 0 Å². The standard InChI is InChI=1S/C26H35NO6/c1-25(2,3)33-24(30)27-21(23(29)31-16-17-7-5-4-6-8-17)12-22(28)32-26-13-18-9-19(14-26)11-20(10-18)15-26/h4-8,18-21H,9-16H2,1-3H3,(H,27,30)/t18?,19?,20?,21-,26?/m0/s1. The first kappa shape index (κ1) is 23.6. The predicted molar refractivity (Wildman–Crippen MR) is 121 cm³/mol. The van der Waals surface area contributed by atoms with Gasteiger partial charge in [0.15, 0.2) is 0 Å². The van der Waals surface area contributed by atoms with Crippen LogP contribution in [0, 0.1) is 17.8 Å². The van der Waals surface area contributed by atoms with Crippen molar-refractivity contribution in [2.45, 2.75) is 89.6 Å². The highest BCUT2D eigenvalue weighted by Gasteiger charge is 2.53. The summed E-state index contributed by atoms with van der Waals surface area (Å²) in [4.78, 5) is 38.1. The molecule has 0 aromatic heterocycles. The van der Waals surface area contributed by atoms with Gasteiger partial charge >= 0.3 is 18.0 Å². The van der Waals surface area contributed by atoms with Gasteiger partial charge in [0, 0.05) is 0 Å². The second-order valence-electron chi connectivity index (χ2n) is 11.1. The second-order valence-corrected chi connectivity index (χ2v) is 11.1. The molecule has 5 rings (SSSR count). The summed E-state index contributed by atoms with van der Waals surface area (Å²) in [7, 11) is 0. The maximum atomic E-state index is 13.0. The number of ether oxygens (including phenoxy) is 3. The van der Waals surface area contributed by atoms with E-state index in [4.69, 9.17) is 14.2 Å². The summed E-state index contributed by atoms with van der Waals surface area (Å²) in [5, 5.41) is 2.51. The minimum absolute atomic E-state index is 0.0518. The molecule has 0 radical (unpaired) electrons. The third-order valence-corrected chi connectivity index (χ3v) is 6.88. The molecule has 4 aliphatic rings. The molecule has 33 heavy (non-hydrogen) atoms. The molecule has 1 amide bonds. The maximum Gasteiger partial charge on any atom is 0.408 e. The molecule has 4 saturated carbocycles. The Kier molecular flexibility index (Phi) is 6.68. The number of benzene rings is 1. The van der Waals surface area contributed by atoms with Crippen LogP contribution in [0.25, 0.3) is 0 Å². The van der Waals surface area contributed by atoms with E-state index in [0.717, 1.165) is 24.8 Å². The number of amides is 1. The van der Waals surface area contributed by atoms with Crippen molar-refractivity contribution < 1.29 is 28.6 Å². The Labute approximate surface area is 195 Å². The molecule has 4 aliphatic carbocycles. The molecular formula is C26H35NO6. The van der Waals surface area contributed by atoms with E-state index in [9.17, 15) is 14.4 Å². The van der Waals surface area contributed by atoms with Crippen LogP contribution in [0.3, 0.4) is 0 Å². The predicted octanol–water partition coefficient (Wildman–Crippen LogP) is 4.53. The molecule has 4 bridgehead atoms. The van der Waals surface area contributed by atoms with Crippen LogP contribution in [0.15, 0.2) is 30.3 Å². The highest BCUT2D eigenvalue weighted by Crippen LogP contribution is 2.57. The zero-order valence-electron chi connectivity index (χ0n) is 19.8. The number of alkyl carbamates (subject to hydrolysis) is 1. The van der Waals surface area contributed by atoms with Crippen molar-refractivity contribution in [3.05, 3.63) is 35.9 Å². The van der Waals surface area contributed by atoms with Crippen molar-refractivity contribution in [3.8, 4) is 0 Å². The monoisotopic (exact) mass is 457 g/mol. The van der Waals surface area contributed by atoms with Crippen molar-refractivity contribution in [1.29, 1.82) is 0 Å². The highest BCUT2D eigenvalue weighted by molar-refractivity contribution is 5.86. The first-order valence-electron chi connectivity index (χ1n) is 12.0. The Balaban J connectivity index is 1.39. The fraction of sp³-hybridized carbons (Fsp3) is 0.654. The Bertz CT molecular complexity index is 839. The number of nitrogens with one attached hydrogen (secondary N) is 1. The molecule has 4 fully saturated rings. The van der Waals surface area contributed by atoms with E-state index in [1.165, 1.54) is 19.3 Å². The zero-order chi connectivity index (χ0) is 23.6. The molecule has 0 aliphatic heterocycles. The highest BCUT2D eigenvalue weighted by atomic mass is 16.6. The normalized spacial score (nSPS) is 28.6. The lowest BCUT2D eigenvalue weighted by molar-refractivity contribution is -0.188. The van der Waals surface area contributed by atoms with Gasteiger partial charge in [-0.25, -0.2) is 9.59 Å². The minimum Gasteiger partial charge on any atom is -0.459 e. The van der Waals surface area contributed by atoms with Crippen molar-refractivity contribution in [3.63, 3.8) is 0 Å². The van der Waals surface area contributed by atoms with E-state index in [0.29, 0.717) is 17.8 Å². The van der Waals surface area contributed by atoms with Gasteiger partial charge in [0.05, 0.1) is 6.42 Å². The van der Waals surface area contributed by atoms with Crippen LogP contribution in [0.4, 0.5) is 4.79 Å². The summed E-state index contributed by atoms with van der Waals surface area (Å²) in [5.74, 6) is 0.739. The number of esters is 2. The van der Waals surface area contributed by atoms with Crippen molar-refractivity contribution in [2.75, 3.05) is 0 Å². The van der Waals surface area contributed by atoms with Crippen molar-refractivity contribution >= 4 is 18.0 Å². The number of rotatable bonds is 7. The maximum absolute atomic E-state index is 13.0.